The number of rotatable bonds is 8. The van der Waals surface area contributed by atoms with Crippen LogP contribution in [0, 0.1) is 0 Å². The van der Waals surface area contributed by atoms with E-state index in [0.717, 1.165) is 32.7 Å². The van der Waals surface area contributed by atoms with E-state index in [0.29, 0.717) is 6.04 Å². The van der Waals surface area contributed by atoms with Gasteiger partial charge in [0.1, 0.15) is 0 Å². The summed E-state index contributed by atoms with van der Waals surface area (Å²) in [7, 11) is 0. The molecule has 92 valence electrons. The Bertz CT molecular complexity index is 286. The molecule has 0 radical (unpaired) electrons. The average molecular weight is 225 g/mol. The highest BCUT2D eigenvalue weighted by Gasteiger charge is 2.05. The van der Waals surface area contributed by atoms with Crippen molar-refractivity contribution < 1.29 is 4.74 Å². The van der Waals surface area contributed by atoms with Crippen molar-refractivity contribution in [3.8, 4) is 0 Å². The maximum absolute atomic E-state index is 5.43. The lowest BCUT2D eigenvalue weighted by molar-refractivity contribution is 0.124. The number of ether oxygens (including phenoxy) is 1. The van der Waals surface area contributed by atoms with Gasteiger partial charge < -0.3 is 10.1 Å². The van der Waals surface area contributed by atoms with E-state index in [1.165, 1.54) is 5.56 Å². The molecule has 1 atom stereocenters. The van der Waals surface area contributed by atoms with Crippen LogP contribution in [0.15, 0.2) is 12.4 Å². The molecule has 4 heteroatoms. The molecule has 1 unspecified atom stereocenters. The third-order valence-corrected chi connectivity index (χ3v) is 2.48. The van der Waals surface area contributed by atoms with Gasteiger partial charge in [-0.25, -0.2) is 0 Å². The first-order valence-corrected chi connectivity index (χ1v) is 6.11. The van der Waals surface area contributed by atoms with Gasteiger partial charge in [-0.2, -0.15) is 5.10 Å². The van der Waals surface area contributed by atoms with Crippen molar-refractivity contribution >= 4 is 0 Å². The number of aromatic nitrogens is 2. The van der Waals surface area contributed by atoms with E-state index in [1.54, 1.807) is 0 Å². The van der Waals surface area contributed by atoms with Crippen LogP contribution >= 0.6 is 0 Å². The SMILES string of the molecule is CCCOCCn1cc(C(C)NCC)cn1. The molecule has 0 bridgehead atoms. The van der Waals surface area contributed by atoms with E-state index in [-0.39, 0.29) is 0 Å². The normalized spacial score (nSPS) is 12.9. The van der Waals surface area contributed by atoms with Gasteiger partial charge in [0, 0.05) is 24.4 Å². The van der Waals surface area contributed by atoms with Crippen molar-refractivity contribution in [2.75, 3.05) is 19.8 Å². The van der Waals surface area contributed by atoms with Crippen LogP contribution < -0.4 is 5.32 Å². The Morgan fingerprint density at radius 1 is 1.44 bits per heavy atom. The zero-order valence-electron chi connectivity index (χ0n) is 10.6. The largest absolute Gasteiger partial charge is 0.380 e. The summed E-state index contributed by atoms with van der Waals surface area (Å²) >= 11 is 0. The van der Waals surface area contributed by atoms with Crippen LogP contribution in [0.25, 0.3) is 0 Å². The molecule has 1 rings (SSSR count). The summed E-state index contributed by atoms with van der Waals surface area (Å²) < 4.78 is 7.37. The Hall–Kier alpha value is -0.870. The Morgan fingerprint density at radius 3 is 2.94 bits per heavy atom. The Kier molecular flexibility index (Phi) is 6.11. The second-order valence-corrected chi connectivity index (χ2v) is 3.93. The average Bonchev–Trinajstić information content (AvgIpc) is 2.73. The summed E-state index contributed by atoms with van der Waals surface area (Å²) in [5.41, 5.74) is 1.23. The molecule has 0 spiro atoms. The van der Waals surface area contributed by atoms with E-state index >= 15 is 0 Å². The standard InChI is InChI=1S/C12H23N3O/c1-4-7-16-8-6-15-10-12(9-14-15)11(3)13-5-2/h9-11,13H,4-8H2,1-3H3. The van der Waals surface area contributed by atoms with Crippen LogP contribution in [-0.4, -0.2) is 29.5 Å². The lowest BCUT2D eigenvalue weighted by Gasteiger charge is -2.08. The zero-order chi connectivity index (χ0) is 11.8. The first-order valence-electron chi connectivity index (χ1n) is 6.11. The third-order valence-electron chi connectivity index (χ3n) is 2.48. The van der Waals surface area contributed by atoms with Crippen LogP contribution in [0.1, 0.15) is 38.8 Å². The van der Waals surface area contributed by atoms with E-state index in [4.69, 9.17) is 4.74 Å². The fraction of sp³-hybridized carbons (Fsp3) is 0.750. The van der Waals surface area contributed by atoms with E-state index in [9.17, 15) is 0 Å². The topological polar surface area (TPSA) is 39.1 Å². The number of nitrogens with one attached hydrogen (secondary N) is 1. The summed E-state index contributed by atoms with van der Waals surface area (Å²) in [5, 5.41) is 7.68. The minimum Gasteiger partial charge on any atom is -0.380 e. The molecule has 0 aliphatic carbocycles. The van der Waals surface area contributed by atoms with Gasteiger partial charge in [-0.1, -0.05) is 13.8 Å². The fourth-order valence-corrected chi connectivity index (χ4v) is 1.55. The van der Waals surface area contributed by atoms with Gasteiger partial charge in [-0.05, 0) is 19.9 Å². The molecular formula is C12H23N3O. The van der Waals surface area contributed by atoms with Crippen molar-refractivity contribution in [1.29, 1.82) is 0 Å². The molecule has 1 N–H and O–H groups in total. The highest BCUT2D eigenvalue weighted by molar-refractivity contribution is 5.08. The molecule has 0 amide bonds. The van der Waals surface area contributed by atoms with Gasteiger partial charge in [0.15, 0.2) is 0 Å². The summed E-state index contributed by atoms with van der Waals surface area (Å²) in [4.78, 5) is 0. The quantitative estimate of drug-likeness (QED) is 0.688. The first kappa shape index (κ1) is 13.2. The van der Waals surface area contributed by atoms with E-state index in [2.05, 4.69) is 37.4 Å². The highest BCUT2D eigenvalue weighted by Crippen LogP contribution is 2.10. The molecule has 0 aliphatic heterocycles. The van der Waals surface area contributed by atoms with Gasteiger partial charge in [-0.3, -0.25) is 4.68 Å². The predicted octanol–water partition coefficient (Wildman–Crippen LogP) is 1.98. The number of nitrogens with zero attached hydrogens (tertiary/aromatic N) is 2. The second kappa shape index (κ2) is 7.41. The van der Waals surface area contributed by atoms with Crippen LogP contribution in [0.4, 0.5) is 0 Å². The zero-order valence-corrected chi connectivity index (χ0v) is 10.6. The molecule has 0 aromatic carbocycles. The van der Waals surface area contributed by atoms with Gasteiger partial charge in [0.25, 0.3) is 0 Å². The second-order valence-electron chi connectivity index (χ2n) is 3.93. The van der Waals surface area contributed by atoms with Crippen molar-refractivity contribution in [2.24, 2.45) is 0 Å². The van der Waals surface area contributed by atoms with Gasteiger partial charge in [-0.15, -0.1) is 0 Å². The summed E-state index contributed by atoms with van der Waals surface area (Å²) in [5.74, 6) is 0. The molecule has 0 aliphatic rings. The number of hydrogen-bond acceptors (Lipinski definition) is 3. The summed E-state index contributed by atoms with van der Waals surface area (Å²) in [6, 6.07) is 0.371. The minimum absolute atomic E-state index is 0.371. The Balaban J connectivity index is 2.33. The van der Waals surface area contributed by atoms with Crippen molar-refractivity contribution in [3.63, 3.8) is 0 Å². The lowest BCUT2D eigenvalue weighted by atomic mass is 10.2. The molecule has 1 aromatic rings. The maximum Gasteiger partial charge on any atom is 0.0662 e. The van der Waals surface area contributed by atoms with Crippen LogP contribution in [0.5, 0.6) is 0 Å². The van der Waals surface area contributed by atoms with E-state index < -0.39 is 0 Å². The van der Waals surface area contributed by atoms with Crippen LogP contribution in [0.3, 0.4) is 0 Å². The Labute approximate surface area is 98.0 Å². The van der Waals surface area contributed by atoms with Crippen LogP contribution in [0.2, 0.25) is 0 Å². The molecule has 0 saturated heterocycles. The smallest absolute Gasteiger partial charge is 0.0662 e. The van der Waals surface area contributed by atoms with Gasteiger partial charge in [0.2, 0.25) is 0 Å². The van der Waals surface area contributed by atoms with Crippen molar-refractivity contribution in [1.82, 2.24) is 15.1 Å². The first-order chi connectivity index (χ1) is 7.77. The van der Waals surface area contributed by atoms with Gasteiger partial charge in [0.05, 0.1) is 19.3 Å². The van der Waals surface area contributed by atoms with Gasteiger partial charge >= 0.3 is 0 Å². The molecule has 0 fully saturated rings. The lowest BCUT2D eigenvalue weighted by Crippen LogP contribution is -2.17. The molecule has 1 heterocycles. The fourth-order valence-electron chi connectivity index (χ4n) is 1.55. The van der Waals surface area contributed by atoms with Crippen LogP contribution in [-0.2, 0) is 11.3 Å². The minimum atomic E-state index is 0.371. The predicted molar refractivity (Wildman–Crippen MR) is 65.4 cm³/mol. The highest BCUT2D eigenvalue weighted by atomic mass is 16.5. The number of hydrogen-bond donors (Lipinski definition) is 1. The molecule has 4 nitrogen and oxygen atoms in total. The molecule has 16 heavy (non-hydrogen) atoms. The molecular weight excluding hydrogens is 202 g/mol. The summed E-state index contributed by atoms with van der Waals surface area (Å²) in [6.07, 6.45) is 5.08. The van der Waals surface area contributed by atoms with Crippen molar-refractivity contribution in [2.45, 2.75) is 39.8 Å². The Morgan fingerprint density at radius 2 is 2.25 bits per heavy atom. The maximum atomic E-state index is 5.43. The summed E-state index contributed by atoms with van der Waals surface area (Å²) in [6.45, 7) is 9.76. The molecule has 0 saturated carbocycles. The van der Waals surface area contributed by atoms with Crippen molar-refractivity contribution in [3.05, 3.63) is 18.0 Å². The third kappa shape index (κ3) is 4.33. The van der Waals surface area contributed by atoms with E-state index in [1.807, 2.05) is 10.9 Å². The molecule has 1 aromatic heterocycles. The monoisotopic (exact) mass is 225 g/mol.